The largest absolute Gasteiger partial charge is 0.491 e. The standard InChI is InChI=1S/3C21H22FN3O7S.C21H23N3O7S/c3*1-5-32-19-17(31-3)7-6-14(24-19)16(10-33(4,29)30)25-20(27)13-8-12(22)9-15(23-11(2)26)18(13)21(25)28;1-5-31-19-17(30-3)10-9-14(23-19)16(11-32(4,28)29)24-20(26)13-7-6-8-15(22-12(2)25)18(13)21(24)27/h3*6-9,16H,5,10H2,1-4H3,(H,23,26);6-10,16H,5,11H2,1-4H3,(H,22,25)/t2*16-;;/m10../s1/i;;;3D3. The third-order valence-corrected chi connectivity index (χ3v) is 22.6. The Kier molecular flexibility index (Phi) is 30.5. The van der Waals surface area contributed by atoms with Crippen molar-refractivity contribution in [1.29, 1.82) is 0 Å². The Balaban J connectivity index is 0.000000201. The van der Waals surface area contributed by atoms with Crippen LogP contribution in [0.3, 0.4) is 0 Å². The van der Waals surface area contributed by atoms with E-state index in [1.165, 1.54) is 116 Å². The lowest BCUT2D eigenvalue weighted by molar-refractivity contribution is -0.115. The number of nitrogens with one attached hydrogen (secondary N) is 4. The van der Waals surface area contributed by atoms with Crippen LogP contribution in [-0.4, -0.2) is 247 Å². The van der Waals surface area contributed by atoms with Gasteiger partial charge < -0.3 is 59.2 Å². The van der Waals surface area contributed by atoms with Crippen LogP contribution in [-0.2, 0) is 58.5 Å². The number of aromatic nitrogens is 4. The molecule has 40 nitrogen and oxygen atoms in total. The SMILES string of the molecule is CCOc1nc(C(CS(C)(=O)=O)N2C(=O)c3cc(F)cc(NC(C)=O)c3C2=O)ccc1OC.CCOc1nc([C@@H](CS(C)(=O)=O)N2C(=O)c3cc(F)cc(NC(C)=O)c3C2=O)ccc1OC.CCOc1nc([C@H](CS(C)(=O)=O)N2C(=O)c3cc(F)cc(NC(C)=O)c3C2=O)ccc1OC.[2H]C([2H])([2H])Oc1ccc(C(CS(C)(=O)=O)N2C(=O)c3cccc(NC(C)=O)c3C2=O)nc1OCC. The van der Waals surface area contributed by atoms with Crippen molar-refractivity contribution in [2.45, 2.75) is 79.6 Å². The van der Waals surface area contributed by atoms with Gasteiger partial charge in [-0.3, -0.25) is 77.1 Å². The number of amides is 12. The number of halogens is 3. The minimum absolute atomic E-state index is 0.00728. The third-order valence-electron chi connectivity index (χ3n) is 18.9. The summed E-state index contributed by atoms with van der Waals surface area (Å²) in [5.41, 5.74) is -1.95. The summed E-state index contributed by atoms with van der Waals surface area (Å²) >= 11 is 0. The monoisotopic (exact) mass is 1900 g/mol. The maximum atomic E-state index is 14.1. The number of hydrogen-bond acceptors (Lipinski definition) is 32. The molecule has 4 atom stereocenters. The van der Waals surface area contributed by atoms with E-state index >= 15 is 0 Å². The van der Waals surface area contributed by atoms with Crippen molar-refractivity contribution in [3.05, 3.63) is 188 Å². The Hall–Kier alpha value is -14.1. The molecule has 0 bridgehead atoms. The van der Waals surface area contributed by atoms with Crippen LogP contribution in [0.2, 0.25) is 0 Å². The first-order valence-corrected chi connectivity index (χ1v) is 47.2. The van der Waals surface area contributed by atoms with Crippen molar-refractivity contribution in [2.24, 2.45) is 0 Å². The first-order chi connectivity index (χ1) is 62.6. The van der Waals surface area contributed by atoms with Gasteiger partial charge in [0.1, 0.15) is 56.8 Å². The highest BCUT2D eigenvalue weighted by molar-refractivity contribution is 7.91. The van der Waals surface area contributed by atoms with Gasteiger partial charge in [0.15, 0.2) is 23.0 Å². The van der Waals surface area contributed by atoms with Gasteiger partial charge in [-0.15, -0.1) is 0 Å². The van der Waals surface area contributed by atoms with E-state index in [1.54, 1.807) is 27.7 Å². The summed E-state index contributed by atoms with van der Waals surface area (Å²) in [5.74, 6) is -13.8. The summed E-state index contributed by atoms with van der Waals surface area (Å²) in [7, 11) is -13.5. The second-order valence-electron chi connectivity index (χ2n) is 29.0. The number of carbonyl (C=O) groups excluding carboxylic acids is 12. The van der Waals surface area contributed by atoms with Crippen LogP contribution in [0.4, 0.5) is 35.9 Å². The summed E-state index contributed by atoms with van der Waals surface area (Å²) in [6.07, 6.45) is 3.80. The molecule has 0 saturated carbocycles. The number of carbonyl (C=O) groups is 12. The number of pyridine rings is 4. The van der Waals surface area contributed by atoms with E-state index in [4.69, 9.17) is 42.0 Å². The highest BCUT2D eigenvalue weighted by Gasteiger charge is 2.50. The Morgan fingerprint density at radius 2 is 0.573 bits per heavy atom. The molecule has 4 N–H and O–H groups in total. The van der Waals surface area contributed by atoms with Crippen LogP contribution >= 0.6 is 0 Å². The Bertz CT molecular complexity index is 6140. The second-order valence-corrected chi connectivity index (χ2v) is 37.8. The molecule has 0 aliphatic carbocycles. The highest BCUT2D eigenvalue weighted by Crippen LogP contribution is 2.44. The summed E-state index contributed by atoms with van der Waals surface area (Å²) < 4.78 is 204. The Labute approximate surface area is 753 Å². The van der Waals surface area contributed by atoms with E-state index < -0.39 is 182 Å². The highest BCUT2D eigenvalue weighted by atomic mass is 32.2. The molecule has 8 aromatic rings. The number of methoxy groups -OCH3 is 4. The van der Waals surface area contributed by atoms with E-state index in [-0.39, 0.29) is 163 Å². The fraction of sp³-hybridized carbons (Fsp3) is 0.333. The van der Waals surface area contributed by atoms with Crippen LogP contribution in [0, 0.1) is 17.5 Å². The minimum atomic E-state index is -3.75. The number of anilines is 4. The van der Waals surface area contributed by atoms with Gasteiger partial charge >= 0.3 is 0 Å². The van der Waals surface area contributed by atoms with Crippen LogP contribution in [0.15, 0.2) is 103 Å². The molecule has 8 heterocycles. The van der Waals surface area contributed by atoms with E-state index in [0.29, 0.717) is 14.7 Å². The lowest BCUT2D eigenvalue weighted by atomic mass is 10.1. The molecule has 0 radical (unpaired) electrons. The molecule has 12 amide bonds. The molecule has 4 aromatic heterocycles. The zero-order chi connectivity index (χ0) is 99.6. The van der Waals surface area contributed by atoms with Crippen LogP contribution in [0.25, 0.3) is 0 Å². The lowest BCUT2D eigenvalue weighted by Crippen LogP contribution is -2.38. The average Bonchev–Trinajstić information content (AvgIpc) is 1.60. The van der Waals surface area contributed by atoms with Gasteiger partial charge in [-0.05, 0) is 125 Å². The average molecular weight is 1900 g/mol. The fourth-order valence-corrected chi connectivity index (χ4v) is 17.5. The number of benzene rings is 4. The summed E-state index contributed by atoms with van der Waals surface area (Å²) in [5, 5.41) is 9.51. The summed E-state index contributed by atoms with van der Waals surface area (Å²) in [6, 6.07) is 15.4. The smallest absolute Gasteiger partial charge is 0.264 e. The number of rotatable bonds is 32. The van der Waals surface area contributed by atoms with E-state index in [2.05, 4.69) is 41.2 Å². The van der Waals surface area contributed by atoms with Crippen molar-refractivity contribution in [1.82, 2.24) is 39.5 Å². The lowest BCUT2D eigenvalue weighted by Gasteiger charge is -2.26. The van der Waals surface area contributed by atoms with Gasteiger partial charge in [0.2, 0.25) is 23.6 Å². The second kappa shape index (κ2) is 41.6. The fourth-order valence-electron chi connectivity index (χ4n) is 14.0. The molecule has 2 unspecified atom stereocenters. The number of sulfone groups is 4. The maximum Gasteiger partial charge on any atom is 0.264 e. The molecule has 0 fully saturated rings. The predicted molar refractivity (Wildman–Crippen MR) is 462 cm³/mol. The van der Waals surface area contributed by atoms with Crippen molar-refractivity contribution in [2.75, 3.05) is 124 Å². The quantitative estimate of drug-likeness (QED) is 0.0293. The van der Waals surface area contributed by atoms with Crippen LogP contribution in [0.5, 0.6) is 46.5 Å². The van der Waals surface area contributed by atoms with Crippen LogP contribution < -0.4 is 59.2 Å². The van der Waals surface area contributed by atoms with Crippen molar-refractivity contribution >= 4 is 133 Å². The topological polar surface area (TPSA) is 528 Å². The third kappa shape index (κ3) is 23.7. The molecule has 4 aliphatic rings. The molecular formula is C84H89F3N12O28S4. The predicted octanol–water partition coefficient (Wildman–Crippen LogP) is 7.73. The number of hydrogen-bond donors (Lipinski definition) is 4. The van der Waals surface area contributed by atoms with Gasteiger partial charge in [-0.1, -0.05) is 6.07 Å². The molecule has 0 saturated heterocycles. The van der Waals surface area contributed by atoms with Crippen molar-refractivity contribution < 1.29 is 146 Å². The molecule has 4 aliphatic heterocycles. The number of nitrogens with zero attached hydrogens (tertiary/aromatic N) is 8. The molecule has 12 rings (SSSR count). The first-order valence-electron chi connectivity index (χ1n) is 40.4. The van der Waals surface area contributed by atoms with Crippen molar-refractivity contribution in [3.63, 3.8) is 0 Å². The molecule has 47 heteroatoms. The number of ether oxygens (including phenoxy) is 8. The van der Waals surface area contributed by atoms with Gasteiger partial charge in [0.25, 0.3) is 70.8 Å². The van der Waals surface area contributed by atoms with Gasteiger partial charge in [-0.25, -0.2) is 66.8 Å². The van der Waals surface area contributed by atoms with Gasteiger partial charge in [-0.2, -0.15) is 0 Å². The number of fused-ring (bicyclic) bond motifs is 4. The van der Waals surface area contributed by atoms with E-state index in [9.17, 15) is 104 Å². The van der Waals surface area contributed by atoms with Crippen molar-refractivity contribution in [3.8, 4) is 46.5 Å². The maximum absolute atomic E-state index is 14.1. The molecule has 698 valence electrons. The molecule has 4 aromatic carbocycles. The minimum Gasteiger partial charge on any atom is -0.491 e. The van der Waals surface area contributed by atoms with Gasteiger partial charge in [0.05, 0.1) is 196 Å². The zero-order valence-electron chi connectivity index (χ0n) is 75.6. The summed E-state index contributed by atoms with van der Waals surface area (Å²) in [6.45, 7) is 12.3. The number of imide groups is 4. The van der Waals surface area contributed by atoms with Gasteiger partial charge in [0, 0.05) is 52.7 Å². The molecule has 0 spiro atoms. The Morgan fingerprint density at radius 3 is 0.794 bits per heavy atom. The molecule has 131 heavy (non-hydrogen) atoms. The van der Waals surface area contributed by atoms with Crippen LogP contribution in [0.1, 0.15) is 189 Å². The first kappa shape index (κ1) is 96.0. The molecular weight excluding hydrogens is 1810 g/mol. The van der Waals surface area contributed by atoms with E-state index in [1.807, 2.05) is 0 Å². The zero-order valence-corrected chi connectivity index (χ0v) is 75.8. The summed E-state index contributed by atoms with van der Waals surface area (Å²) in [4.78, 5) is 172. The Morgan fingerprint density at radius 1 is 0.344 bits per heavy atom. The normalized spacial score (nSPS) is 14.6. The van der Waals surface area contributed by atoms with E-state index in [0.717, 1.165) is 66.3 Å².